The van der Waals surface area contributed by atoms with Crippen molar-refractivity contribution < 1.29 is 4.79 Å². The summed E-state index contributed by atoms with van der Waals surface area (Å²) in [7, 11) is 0. The van der Waals surface area contributed by atoms with Crippen molar-refractivity contribution in [1.29, 1.82) is 5.26 Å². The monoisotopic (exact) mass is 403 g/mol. The summed E-state index contributed by atoms with van der Waals surface area (Å²) in [5.74, 6) is 0.261. The average Bonchev–Trinajstić information content (AvgIpc) is 2.78. The van der Waals surface area contributed by atoms with Gasteiger partial charge in [-0.3, -0.25) is 4.79 Å². The molecule has 4 heteroatoms. The fourth-order valence-corrected chi connectivity index (χ4v) is 4.50. The molecular formula is C26H33N3O. The normalized spacial score (nSPS) is 17.3. The first-order chi connectivity index (χ1) is 14.6. The van der Waals surface area contributed by atoms with Crippen molar-refractivity contribution in [2.45, 2.75) is 44.4 Å². The summed E-state index contributed by atoms with van der Waals surface area (Å²) >= 11 is 0. The van der Waals surface area contributed by atoms with Crippen LogP contribution in [-0.4, -0.2) is 37.0 Å². The largest absolute Gasteiger partial charge is 0.356 e. The first-order valence-electron chi connectivity index (χ1n) is 11.1. The van der Waals surface area contributed by atoms with E-state index in [0.717, 1.165) is 50.0 Å². The van der Waals surface area contributed by atoms with E-state index in [9.17, 15) is 10.1 Å². The SMILES string of the molecule is CC(C)[C@@H](C(=O)NCCCN1CCC(C#N)(c2ccccc2)CC1)c1ccccc1. The first-order valence-corrected chi connectivity index (χ1v) is 11.1. The Bertz CT molecular complexity index is 834. The topological polar surface area (TPSA) is 56.1 Å². The van der Waals surface area contributed by atoms with Crippen molar-refractivity contribution in [2.24, 2.45) is 5.92 Å². The minimum atomic E-state index is -0.355. The number of likely N-dealkylation sites (tertiary alicyclic amines) is 1. The van der Waals surface area contributed by atoms with Gasteiger partial charge in [0.1, 0.15) is 0 Å². The number of hydrogen-bond acceptors (Lipinski definition) is 3. The Hall–Kier alpha value is -2.64. The maximum atomic E-state index is 12.8. The maximum absolute atomic E-state index is 12.8. The third-order valence-electron chi connectivity index (χ3n) is 6.31. The van der Waals surface area contributed by atoms with Gasteiger partial charge in [-0.2, -0.15) is 5.26 Å². The number of carbonyl (C=O) groups is 1. The lowest BCUT2D eigenvalue weighted by atomic mass is 9.74. The Morgan fingerprint density at radius 1 is 1.07 bits per heavy atom. The van der Waals surface area contributed by atoms with Crippen LogP contribution in [0.5, 0.6) is 0 Å². The Labute approximate surface area is 180 Å². The van der Waals surface area contributed by atoms with E-state index in [0.29, 0.717) is 6.54 Å². The molecule has 0 aliphatic carbocycles. The molecule has 0 unspecified atom stereocenters. The van der Waals surface area contributed by atoms with Crippen LogP contribution in [0.2, 0.25) is 0 Å². The third kappa shape index (κ3) is 5.29. The number of hydrogen-bond donors (Lipinski definition) is 1. The van der Waals surface area contributed by atoms with Gasteiger partial charge in [-0.15, -0.1) is 0 Å². The van der Waals surface area contributed by atoms with Crippen LogP contribution in [0.4, 0.5) is 0 Å². The minimum Gasteiger partial charge on any atom is -0.356 e. The van der Waals surface area contributed by atoms with E-state index < -0.39 is 0 Å². The van der Waals surface area contributed by atoms with Crippen LogP contribution >= 0.6 is 0 Å². The molecule has 0 spiro atoms. The van der Waals surface area contributed by atoms with E-state index in [2.05, 4.69) is 42.3 Å². The number of benzene rings is 2. The van der Waals surface area contributed by atoms with Crippen molar-refractivity contribution in [1.82, 2.24) is 10.2 Å². The van der Waals surface area contributed by atoms with Crippen LogP contribution in [0.3, 0.4) is 0 Å². The van der Waals surface area contributed by atoms with Gasteiger partial charge in [-0.05, 0) is 55.9 Å². The zero-order chi connectivity index (χ0) is 21.4. The summed E-state index contributed by atoms with van der Waals surface area (Å²) in [6.45, 7) is 7.68. The smallest absolute Gasteiger partial charge is 0.227 e. The highest BCUT2D eigenvalue weighted by molar-refractivity contribution is 5.83. The fourth-order valence-electron chi connectivity index (χ4n) is 4.50. The molecule has 1 amide bonds. The standard InChI is InChI=1S/C26H33N3O/c1-21(2)24(22-10-5-3-6-11-22)25(30)28-16-9-17-29-18-14-26(20-27,15-19-29)23-12-7-4-8-13-23/h3-8,10-13,21,24H,9,14-19H2,1-2H3,(H,28,30)/t24-/m1/s1. The van der Waals surface area contributed by atoms with E-state index >= 15 is 0 Å². The number of amides is 1. The Kier molecular flexibility index (Phi) is 7.65. The Balaban J connectivity index is 1.44. The second kappa shape index (κ2) is 10.4. The molecule has 2 aromatic rings. The van der Waals surface area contributed by atoms with Crippen LogP contribution in [0, 0.1) is 17.2 Å². The molecule has 4 nitrogen and oxygen atoms in total. The van der Waals surface area contributed by atoms with Gasteiger partial charge < -0.3 is 10.2 Å². The molecule has 1 fully saturated rings. The van der Waals surface area contributed by atoms with E-state index in [4.69, 9.17) is 0 Å². The minimum absolute atomic E-state index is 0.108. The molecular weight excluding hydrogens is 370 g/mol. The third-order valence-corrected chi connectivity index (χ3v) is 6.31. The van der Waals surface area contributed by atoms with E-state index in [1.165, 1.54) is 0 Å². The predicted molar refractivity (Wildman–Crippen MR) is 121 cm³/mol. The molecule has 30 heavy (non-hydrogen) atoms. The summed E-state index contributed by atoms with van der Waals surface area (Å²) in [6.07, 6.45) is 2.66. The van der Waals surface area contributed by atoms with Crippen molar-refractivity contribution in [3.63, 3.8) is 0 Å². The number of piperidine rings is 1. The van der Waals surface area contributed by atoms with E-state index in [-0.39, 0.29) is 23.2 Å². The first kappa shape index (κ1) is 22.1. The summed E-state index contributed by atoms with van der Waals surface area (Å²) in [5, 5.41) is 13.0. The molecule has 1 heterocycles. The second-order valence-corrected chi connectivity index (χ2v) is 8.68. The Morgan fingerprint density at radius 3 is 2.23 bits per heavy atom. The van der Waals surface area contributed by atoms with Crippen molar-refractivity contribution in [2.75, 3.05) is 26.2 Å². The molecule has 0 saturated carbocycles. The highest BCUT2D eigenvalue weighted by Crippen LogP contribution is 2.34. The highest BCUT2D eigenvalue weighted by atomic mass is 16.1. The number of nitriles is 1. The van der Waals surface area contributed by atoms with Crippen molar-refractivity contribution in [3.05, 3.63) is 71.8 Å². The molecule has 0 aromatic heterocycles. The molecule has 1 aliphatic heterocycles. The molecule has 0 radical (unpaired) electrons. The van der Waals surface area contributed by atoms with Crippen LogP contribution in [0.25, 0.3) is 0 Å². The zero-order valence-corrected chi connectivity index (χ0v) is 18.2. The lowest BCUT2D eigenvalue weighted by Crippen LogP contribution is -2.43. The molecule has 3 rings (SSSR count). The quantitative estimate of drug-likeness (QED) is 0.661. The van der Waals surface area contributed by atoms with Crippen LogP contribution in [0.1, 0.15) is 50.2 Å². The zero-order valence-electron chi connectivity index (χ0n) is 18.2. The van der Waals surface area contributed by atoms with E-state index in [1.54, 1.807) is 0 Å². The second-order valence-electron chi connectivity index (χ2n) is 8.68. The average molecular weight is 404 g/mol. The molecule has 2 aromatic carbocycles. The molecule has 158 valence electrons. The number of nitrogens with one attached hydrogen (secondary N) is 1. The van der Waals surface area contributed by atoms with Crippen molar-refractivity contribution >= 4 is 5.91 Å². The lowest BCUT2D eigenvalue weighted by molar-refractivity contribution is -0.123. The van der Waals surface area contributed by atoms with Gasteiger partial charge in [0.25, 0.3) is 0 Å². The fraction of sp³-hybridized carbons (Fsp3) is 0.462. The van der Waals surface area contributed by atoms with Gasteiger partial charge in [-0.25, -0.2) is 0 Å². The molecule has 0 bridgehead atoms. The van der Waals surface area contributed by atoms with Crippen molar-refractivity contribution in [3.8, 4) is 6.07 Å². The highest BCUT2D eigenvalue weighted by Gasteiger charge is 2.36. The molecule has 1 atom stereocenters. The van der Waals surface area contributed by atoms with Gasteiger partial charge >= 0.3 is 0 Å². The number of carbonyl (C=O) groups excluding carboxylic acids is 1. The van der Waals surface area contributed by atoms with E-state index in [1.807, 2.05) is 48.5 Å². The van der Waals surface area contributed by atoms with Crippen LogP contribution in [-0.2, 0) is 10.2 Å². The number of nitrogens with zero attached hydrogens (tertiary/aromatic N) is 2. The van der Waals surface area contributed by atoms with Crippen LogP contribution in [0.15, 0.2) is 60.7 Å². The van der Waals surface area contributed by atoms with Gasteiger partial charge in [0, 0.05) is 6.54 Å². The van der Waals surface area contributed by atoms with Gasteiger partial charge in [-0.1, -0.05) is 74.5 Å². The Morgan fingerprint density at radius 2 is 1.67 bits per heavy atom. The maximum Gasteiger partial charge on any atom is 0.227 e. The summed E-state index contributed by atoms with van der Waals surface area (Å²) in [4.78, 5) is 15.2. The predicted octanol–water partition coefficient (Wildman–Crippen LogP) is 4.49. The van der Waals surface area contributed by atoms with Gasteiger partial charge in [0.15, 0.2) is 0 Å². The number of rotatable bonds is 8. The van der Waals surface area contributed by atoms with Gasteiger partial charge in [0.05, 0.1) is 17.4 Å². The summed E-state index contributed by atoms with van der Waals surface area (Å²) in [6, 6.07) is 22.8. The molecule has 1 N–H and O–H groups in total. The molecule has 1 saturated heterocycles. The summed E-state index contributed by atoms with van der Waals surface area (Å²) < 4.78 is 0. The summed E-state index contributed by atoms with van der Waals surface area (Å²) in [5.41, 5.74) is 1.86. The van der Waals surface area contributed by atoms with Crippen LogP contribution < -0.4 is 5.32 Å². The van der Waals surface area contributed by atoms with Gasteiger partial charge in [0.2, 0.25) is 5.91 Å². The lowest BCUT2D eigenvalue weighted by Gasteiger charge is -2.37. The molecule has 1 aliphatic rings.